The van der Waals surface area contributed by atoms with E-state index in [1.807, 2.05) is 26.0 Å². The van der Waals surface area contributed by atoms with Crippen molar-refractivity contribution in [3.05, 3.63) is 46.2 Å². The Kier molecular flexibility index (Phi) is 9.30. The quantitative estimate of drug-likeness (QED) is 0.371. The number of hydrogen-bond acceptors (Lipinski definition) is 6. The number of Topliss-reactive ketones (excluding diaryl/α,β-unsaturated/α-hetero) is 1. The van der Waals surface area contributed by atoms with Gasteiger partial charge in [-0.05, 0) is 88.1 Å². The average molecular weight is 459 g/mol. The third-order valence-electron chi connectivity index (χ3n) is 6.17. The van der Waals surface area contributed by atoms with E-state index in [9.17, 15) is 4.79 Å². The zero-order valence-corrected chi connectivity index (χ0v) is 20.0. The van der Waals surface area contributed by atoms with Gasteiger partial charge in [-0.3, -0.25) is 4.79 Å². The summed E-state index contributed by atoms with van der Waals surface area (Å²) in [4.78, 5) is 23.4. The molecule has 2 N–H and O–H groups in total. The maximum atomic E-state index is 12.5. The SMILES string of the molecule is Cc1cc(OCCCC2CCN(c3ncc(Cl)cn3)CC2)cc(C)c1C(=O)CCCCN. The predicted octanol–water partition coefficient (Wildman–Crippen LogP) is 5.13. The van der Waals surface area contributed by atoms with Crippen LogP contribution in [0.1, 0.15) is 66.4 Å². The van der Waals surface area contributed by atoms with Crippen molar-refractivity contribution in [1.29, 1.82) is 0 Å². The predicted molar refractivity (Wildman–Crippen MR) is 130 cm³/mol. The van der Waals surface area contributed by atoms with Crippen molar-refractivity contribution < 1.29 is 9.53 Å². The molecule has 7 heteroatoms. The number of ketones is 1. The van der Waals surface area contributed by atoms with Crippen molar-refractivity contribution in [2.45, 2.75) is 58.8 Å². The van der Waals surface area contributed by atoms with Crippen LogP contribution < -0.4 is 15.4 Å². The summed E-state index contributed by atoms with van der Waals surface area (Å²) in [6.45, 7) is 7.28. The highest BCUT2D eigenvalue weighted by molar-refractivity contribution is 6.30. The topological polar surface area (TPSA) is 81.3 Å². The van der Waals surface area contributed by atoms with Crippen LogP contribution in [0.5, 0.6) is 5.75 Å². The second-order valence-corrected chi connectivity index (χ2v) is 9.16. The molecule has 0 amide bonds. The van der Waals surface area contributed by atoms with Crippen molar-refractivity contribution >= 4 is 23.3 Å². The van der Waals surface area contributed by atoms with Gasteiger partial charge in [0.15, 0.2) is 5.78 Å². The molecule has 1 aliphatic rings. The monoisotopic (exact) mass is 458 g/mol. The molecule has 1 fully saturated rings. The summed E-state index contributed by atoms with van der Waals surface area (Å²) in [7, 11) is 0. The van der Waals surface area contributed by atoms with Crippen LogP contribution in [-0.4, -0.2) is 42.0 Å². The van der Waals surface area contributed by atoms with Gasteiger partial charge in [-0.25, -0.2) is 9.97 Å². The van der Waals surface area contributed by atoms with Gasteiger partial charge >= 0.3 is 0 Å². The fraction of sp³-hybridized carbons (Fsp3) is 0.560. The van der Waals surface area contributed by atoms with Crippen molar-refractivity contribution in [1.82, 2.24) is 9.97 Å². The number of nitrogens with two attached hydrogens (primary N) is 1. The first-order chi connectivity index (χ1) is 15.5. The molecule has 0 bridgehead atoms. The minimum Gasteiger partial charge on any atom is -0.494 e. The van der Waals surface area contributed by atoms with Crippen molar-refractivity contribution in [2.75, 3.05) is 31.1 Å². The fourth-order valence-electron chi connectivity index (χ4n) is 4.45. The number of aromatic nitrogens is 2. The summed E-state index contributed by atoms with van der Waals surface area (Å²) in [5.41, 5.74) is 8.36. The van der Waals surface area contributed by atoms with Crippen molar-refractivity contribution in [3.63, 3.8) is 0 Å². The van der Waals surface area contributed by atoms with Gasteiger partial charge in [0.25, 0.3) is 0 Å². The van der Waals surface area contributed by atoms with E-state index in [0.29, 0.717) is 30.5 Å². The zero-order chi connectivity index (χ0) is 22.9. The van der Waals surface area contributed by atoms with Gasteiger partial charge in [-0.2, -0.15) is 0 Å². The Hall–Kier alpha value is -2.18. The number of anilines is 1. The molecule has 3 rings (SSSR count). The molecule has 0 spiro atoms. The van der Waals surface area contributed by atoms with Gasteiger partial charge in [0.05, 0.1) is 24.0 Å². The second kappa shape index (κ2) is 12.2. The number of piperidine rings is 1. The molecule has 0 saturated carbocycles. The van der Waals surface area contributed by atoms with E-state index in [1.54, 1.807) is 12.4 Å². The summed E-state index contributed by atoms with van der Waals surface area (Å²) in [6.07, 6.45) is 10.1. The molecule has 2 aromatic rings. The number of nitrogens with zero attached hydrogens (tertiary/aromatic N) is 3. The maximum absolute atomic E-state index is 12.5. The number of unbranched alkanes of at least 4 members (excludes halogenated alkanes) is 1. The van der Waals surface area contributed by atoms with Crippen molar-refractivity contribution in [2.24, 2.45) is 11.7 Å². The van der Waals surface area contributed by atoms with Crippen LogP contribution in [0.4, 0.5) is 5.95 Å². The molecule has 0 radical (unpaired) electrons. The van der Waals surface area contributed by atoms with Crippen LogP contribution in [0.15, 0.2) is 24.5 Å². The highest BCUT2D eigenvalue weighted by atomic mass is 35.5. The summed E-state index contributed by atoms with van der Waals surface area (Å²) < 4.78 is 6.02. The lowest BCUT2D eigenvalue weighted by Gasteiger charge is -2.32. The lowest BCUT2D eigenvalue weighted by atomic mass is 9.92. The van der Waals surface area contributed by atoms with E-state index >= 15 is 0 Å². The third kappa shape index (κ3) is 6.91. The summed E-state index contributed by atoms with van der Waals surface area (Å²) in [6, 6.07) is 3.99. The number of benzene rings is 1. The van der Waals surface area contributed by atoms with Gasteiger partial charge < -0.3 is 15.4 Å². The first-order valence-corrected chi connectivity index (χ1v) is 12.1. The van der Waals surface area contributed by atoms with E-state index in [-0.39, 0.29) is 5.78 Å². The van der Waals surface area contributed by atoms with Gasteiger partial charge in [0, 0.05) is 25.1 Å². The molecule has 174 valence electrons. The number of halogens is 1. The Morgan fingerprint density at radius 1 is 1.12 bits per heavy atom. The molecule has 1 saturated heterocycles. The van der Waals surface area contributed by atoms with Crippen LogP contribution in [0, 0.1) is 19.8 Å². The summed E-state index contributed by atoms with van der Waals surface area (Å²) >= 11 is 5.88. The van der Waals surface area contributed by atoms with E-state index < -0.39 is 0 Å². The molecule has 1 aliphatic heterocycles. The van der Waals surface area contributed by atoms with E-state index in [2.05, 4.69) is 14.9 Å². The Bertz CT molecular complexity index is 857. The summed E-state index contributed by atoms with van der Waals surface area (Å²) in [5.74, 6) is 2.53. The molecule has 1 aromatic carbocycles. The van der Waals surface area contributed by atoms with Gasteiger partial charge in [-0.15, -0.1) is 0 Å². The molecule has 32 heavy (non-hydrogen) atoms. The minimum atomic E-state index is 0.204. The minimum absolute atomic E-state index is 0.204. The Morgan fingerprint density at radius 2 is 1.78 bits per heavy atom. The number of ether oxygens (including phenoxy) is 1. The Morgan fingerprint density at radius 3 is 2.41 bits per heavy atom. The number of hydrogen-bond donors (Lipinski definition) is 1. The van der Waals surface area contributed by atoms with Gasteiger partial charge in [-0.1, -0.05) is 11.6 Å². The third-order valence-corrected chi connectivity index (χ3v) is 6.37. The van der Waals surface area contributed by atoms with Crippen LogP contribution in [0.3, 0.4) is 0 Å². The normalized spacial score (nSPS) is 14.6. The Labute approximate surface area is 196 Å². The molecule has 0 unspecified atom stereocenters. The number of rotatable bonds is 11. The van der Waals surface area contributed by atoms with Crippen LogP contribution >= 0.6 is 11.6 Å². The lowest BCUT2D eigenvalue weighted by molar-refractivity contribution is 0.0978. The summed E-state index contributed by atoms with van der Waals surface area (Å²) in [5, 5.41) is 0.567. The van der Waals surface area contributed by atoms with Gasteiger partial charge in [0.1, 0.15) is 5.75 Å². The van der Waals surface area contributed by atoms with Crippen LogP contribution in [-0.2, 0) is 0 Å². The highest BCUT2D eigenvalue weighted by Gasteiger charge is 2.21. The molecular formula is C25H35ClN4O2. The molecule has 6 nitrogen and oxygen atoms in total. The van der Waals surface area contributed by atoms with E-state index in [4.69, 9.17) is 22.1 Å². The van der Waals surface area contributed by atoms with Gasteiger partial charge in [0.2, 0.25) is 5.95 Å². The number of carbonyl (C=O) groups is 1. The first kappa shape index (κ1) is 24.5. The van der Waals surface area contributed by atoms with E-state index in [1.165, 1.54) is 0 Å². The largest absolute Gasteiger partial charge is 0.494 e. The molecule has 0 atom stereocenters. The van der Waals surface area contributed by atoms with E-state index in [0.717, 1.165) is 80.0 Å². The van der Waals surface area contributed by atoms with Crippen LogP contribution in [0.25, 0.3) is 0 Å². The smallest absolute Gasteiger partial charge is 0.225 e. The molecular weight excluding hydrogens is 424 g/mol. The Balaban J connectivity index is 1.40. The molecule has 1 aromatic heterocycles. The maximum Gasteiger partial charge on any atom is 0.225 e. The number of aryl methyl sites for hydroxylation is 2. The lowest BCUT2D eigenvalue weighted by Crippen LogP contribution is -2.34. The first-order valence-electron chi connectivity index (χ1n) is 11.7. The average Bonchev–Trinajstić information content (AvgIpc) is 2.77. The molecule has 0 aliphatic carbocycles. The fourth-order valence-corrected chi connectivity index (χ4v) is 4.55. The number of carbonyl (C=O) groups excluding carboxylic acids is 1. The molecule has 2 heterocycles. The zero-order valence-electron chi connectivity index (χ0n) is 19.3. The second-order valence-electron chi connectivity index (χ2n) is 8.72. The highest BCUT2D eigenvalue weighted by Crippen LogP contribution is 2.26. The van der Waals surface area contributed by atoms with Crippen molar-refractivity contribution in [3.8, 4) is 5.75 Å². The standard InChI is InChI=1S/C25H35ClN4O2/c1-18-14-22(15-19(2)24(18)23(31)7-3-4-10-27)32-13-5-6-20-8-11-30(12-9-20)25-28-16-21(26)17-29-25/h14-17,20H,3-13,27H2,1-2H3. The van der Waals surface area contributed by atoms with Crippen LogP contribution in [0.2, 0.25) is 5.02 Å².